The predicted molar refractivity (Wildman–Crippen MR) is 55.8 cm³/mol. The molecule has 13 heavy (non-hydrogen) atoms. The van der Waals surface area contributed by atoms with Gasteiger partial charge in [0.15, 0.2) is 0 Å². The Morgan fingerprint density at radius 1 is 1.00 bits per heavy atom. The Morgan fingerprint density at radius 2 is 1.77 bits per heavy atom. The van der Waals surface area contributed by atoms with Crippen molar-refractivity contribution in [1.29, 1.82) is 0 Å². The molecule has 0 bridgehead atoms. The summed E-state index contributed by atoms with van der Waals surface area (Å²) in [6.45, 7) is 2.23. The second kappa shape index (κ2) is 2.47. The van der Waals surface area contributed by atoms with Crippen molar-refractivity contribution in [3.63, 3.8) is 0 Å². The zero-order chi connectivity index (χ0) is 8.84. The minimum atomic E-state index is 1.16. The van der Waals surface area contributed by atoms with Gasteiger partial charge in [-0.3, -0.25) is 0 Å². The van der Waals surface area contributed by atoms with Crippen molar-refractivity contribution in [2.75, 3.05) is 0 Å². The van der Waals surface area contributed by atoms with Crippen LogP contribution in [0.3, 0.4) is 0 Å². The van der Waals surface area contributed by atoms with Crippen molar-refractivity contribution in [3.05, 3.63) is 40.5 Å². The van der Waals surface area contributed by atoms with E-state index < -0.39 is 0 Å². The number of benzene rings is 1. The van der Waals surface area contributed by atoms with Gasteiger partial charge in [0.1, 0.15) is 0 Å². The zero-order valence-electron chi connectivity index (χ0n) is 8.06. The Morgan fingerprint density at radius 3 is 2.62 bits per heavy atom. The molecule has 0 saturated carbocycles. The zero-order valence-corrected chi connectivity index (χ0v) is 8.06. The molecule has 1 aromatic rings. The molecule has 0 unspecified atom stereocenters. The van der Waals surface area contributed by atoms with E-state index in [1.54, 1.807) is 16.7 Å². The van der Waals surface area contributed by atoms with E-state index in [1.165, 1.54) is 30.4 Å². The summed E-state index contributed by atoms with van der Waals surface area (Å²) in [5.74, 6) is 0. The third kappa shape index (κ3) is 0.980. The average molecular weight is 170 g/mol. The maximum absolute atomic E-state index is 2.44. The maximum Gasteiger partial charge on any atom is -0.00854 e. The highest BCUT2D eigenvalue weighted by atomic mass is 14.2. The summed E-state index contributed by atoms with van der Waals surface area (Å²) in [6, 6.07) is 4.86. The van der Waals surface area contributed by atoms with Gasteiger partial charge in [0, 0.05) is 0 Å². The maximum atomic E-state index is 2.44. The number of fused-ring (bicyclic) bond motifs is 2. The molecule has 3 rings (SSSR count). The van der Waals surface area contributed by atoms with Crippen molar-refractivity contribution in [2.45, 2.75) is 32.6 Å². The van der Waals surface area contributed by atoms with E-state index in [-0.39, 0.29) is 0 Å². The molecular formula is C13H14. The molecule has 0 aromatic heterocycles. The minimum Gasteiger partial charge on any atom is -0.0766 e. The molecule has 2 aliphatic carbocycles. The number of aryl methyl sites for hydroxylation is 2. The van der Waals surface area contributed by atoms with Gasteiger partial charge in [-0.05, 0) is 60.4 Å². The fourth-order valence-electron chi connectivity index (χ4n) is 2.58. The van der Waals surface area contributed by atoms with Gasteiger partial charge in [-0.2, -0.15) is 0 Å². The van der Waals surface area contributed by atoms with Crippen LogP contribution in [0.25, 0.3) is 5.57 Å². The second-order valence-electron chi connectivity index (χ2n) is 4.22. The second-order valence-corrected chi connectivity index (χ2v) is 4.22. The fraction of sp³-hybridized carbons (Fsp3) is 0.385. The molecule has 0 fully saturated rings. The first-order valence-electron chi connectivity index (χ1n) is 5.16. The van der Waals surface area contributed by atoms with Gasteiger partial charge in [-0.25, -0.2) is 0 Å². The predicted octanol–water partition coefficient (Wildman–Crippen LogP) is 3.13. The van der Waals surface area contributed by atoms with Gasteiger partial charge in [0.05, 0.1) is 0 Å². The Balaban J connectivity index is 2.21. The topological polar surface area (TPSA) is 0 Å². The first kappa shape index (κ1) is 7.37. The summed E-state index contributed by atoms with van der Waals surface area (Å²) < 4.78 is 0. The van der Waals surface area contributed by atoms with E-state index in [0.717, 1.165) is 6.42 Å². The fourth-order valence-corrected chi connectivity index (χ4v) is 2.58. The molecule has 0 saturated heterocycles. The lowest BCUT2D eigenvalue weighted by Gasteiger charge is -2.05. The number of hydrogen-bond acceptors (Lipinski definition) is 0. The Kier molecular flexibility index (Phi) is 1.40. The number of hydrogen-bond donors (Lipinski definition) is 0. The molecule has 0 radical (unpaired) electrons. The smallest absolute Gasteiger partial charge is 0.00854 e. The summed E-state index contributed by atoms with van der Waals surface area (Å²) in [5.41, 5.74) is 7.76. The highest BCUT2D eigenvalue weighted by Crippen LogP contribution is 2.33. The molecule has 0 amide bonds. The highest BCUT2D eigenvalue weighted by Gasteiger charge is 2.17. The van der Waals surface area contributed by atoms with E-state index in [2.05, 4.69) is 25.1 Å². The van der Waals surface area contributed by atoms with Crippen LogP contribution in [0.15, 0.2) is 18.2 Å². The van der Waals surface area contributed by atoms with Crippen LogP contribution in [-0.2, 0) is 19.3 Å². The lowest BCUT2D eigenvalue weighted by atomic mass is 9.99. The molecule has 1 aromatic carbocycles. The summed E-state index contributed by atoms with van der Waals surface area (Å²) in [5, 5.41) is 0. The van der Waals surface area contributed by atoms with Crippen molar-refractivity contribution < 1.29 is 0 Å². The molecule has 0 nitrogen and oxygen atoms in total. The summed E-state index contributed by atoms with van der Waals surface area (Å²) in [6.07, 6.45) is 7.48. The monoisotopic (exact) mass is 170 g/mol. The largest absolute Gasteiger partial charge is 0.0766 e. The molecule has 0 N–H and O–H groups in total. The van der Waals surface area contributed by atoms with Gasteiger partial charge < -0.3 is 0 Å². The molecule has 0 heteroatoms. The van der Waals surface area contributed by atoms with Gasteiger partial charge in [0.2, 0.25) is 0 Å². The number of rotatable bonds is 0. The minimum absolute atomic E-state index is 1.16. The molecular weight excluding hydrogens is 156 g/mol. The average Bonchev–Trinajstić information content (AvgIpc) is 2.70. The molecule has 0 atom stereocenters. The van der Waals surface area contributed by atoms with E-state index in [1.807, 2.05) is 0 Å². The SMILES string of the molecule is CC1=CCc2cc3c(cc21)CCC3. The Hall–Kier alpha value is -1.04. The normalized spacial score (nSPS) is 18.4. The molecule has 66 valence electrons. The Labute approximate surface area is 79.3 Å². The molecule has 0 spiro atoms. The lowest BCUT2D eigenvalue weighted by molar-refractivity contribution is 0.911. The van der Waals surface area contributed by atoms with Crippen LogP contribution in [0.2, 0.25) is 0 Å². The van der Waals surface area contributed by atoms with Crippen LogP contribution in [0, 0.1) is 0 Å². The van der Waals surface area contributed by atoms with Crippen LogP contribution in [0.1, 0.15) is 35.6 Å². The van der Waals surface area contributed by atoms with Crippen molar-refractivity contribution in [1.82, 2.24) is 0 Å². The lowest BCUT2D eigenvalue weighted by Crippen LogP contribution is -1.89. The van der Waals surface area contributed by atoms with E-state index in [9.17, 15) is 0 Å². The van der Waals surface area contributed by atoms with Crippen LogP contribution >= 0.6 is 0 Å². The first-order chi connectivity index (χ1) is 6.34. The summed E-state index contributed by atoms with van der Waals surface area (Å²) in [4.78, 5) is 0. The number of allylic oxidation sites excluding steroid dienone is 2. The van der Waals surface area contributed by atoms with Gasteiger partial charge in [0.25, 0.3) is 0 Å². The van der Waals surface area contributed by atoms with Crippen LogP contribution in [0.5, 0.6) is 0 Å². The summed E-state index contributed by atoms with van der Waals surface area (Å²) in [7, 11) is 0. The molecule has 0 heterocycles. The molecule has 2 aliphatic rings. The molecule has 0 aliphatic heterocycles. The Bertz CT molecular complexity index is 397. The quantitative estimate of drug-likeness (QED) is 0.561. The first-order valence-corrected chi connectivity index (χ1v) is 5.16. The van der Waals surface area contributed by atoms with Gasteiger partial charge >= 0.3 is 0 Å². The summed E-state index contributed by atoms with van der Waals surface area (Å²) >= 11 is 0. The van der Waals surface area contributed by atoms with Crippen LogP contribution in [0.4, 0.5) is 0 Å². The van der Waals surface area contributed by atoms with Crippen molar-refractivity contribution >= 4 is 5.57 Å². The van der Waals surface area contributed by atoms with Crippen molar-refractivity contribution in [3.8, 4) is 0 Å². The van der Waals surface area contributed by atoms with Crippen LogP contribution < -0.4 is 0 Å². The van der Waals surface area contributed by atoms with Gasteiger partial charge in [-0.15, -0.1) is 0 Å². The van der Waals surface area contributed by atoms with E-state index >= 15 is 0 Å². The standard InChI is InChI=1S/C13H14/c1-9-5-6-12-7-10-3-2-4-11(10)8-13(9)12/h5,7-8H,2-4,6H2,1H3. The third-order valence-electron chi connectivity index (χ3n) is 3.37. The third-order valence-corrected chi connectivity index (χ3v) is 3.37. The van der Waals surface area contributed by atoms with Crippen LogP contribution in [-0.4, -0.2) is 0 Å². The van der Waals surface area contributed by atoms with E-state index in [0.29, 0.717) is 0 Å². The van der Waals surface area contributed by atoms with Gasteiger partial charge in [-0.1, -0.05) is 18.2 Å². The van der Waals surface area contributed by atoms with E-state index in [4.69, 9.17) is 0 Å². The highest BCUT2D eigenvalue weighted by molar-refractivity contribution is 5.72. The van der Waals surface area contributed by atoms with Crippen molar-refractivity contribution in [2.24, 2.45) is 0 Å².